The first-order valence-corrected chi connectivity index (χ1v) is 8.11. The molecule has 1 saturated heterocycles. The normalized spacial score (nSPS) is 16.8. The molecular weight excluding hydrogens is 322 g/mol. The summed E-state index contributed by atoms with van der Waals surface area (Å²) in [6, 6.07) is 10.8. The van der Waals surface area contributed by atoms with Crippen molar-refractivity contribution in [2.75, 3.05) is 11.4 Å². The molecule has 3 amide bonds. The van der Waals surface area contributed by atoms with Gasteiger partial charge in [-0.15, -0.1) is 0 Å². The van der Waals surface area contributed by atoms with Crippen LogP contribution in [0, 0.1) is 5.92 Å². The topological polar surface area (TPSA) is 91.7 Å². The molecule has 1 atom stereocenters. The molecule has 0 aliphatic carbocycles. The summed E-state index contributed by atoms with van der Waals surface area (Å²) < 4.78 is 4.94. The Hall–Kier alpha value is -3.09. The highest BCUT2D eigenvalue weighted by molar-refractivity contribution is 6.01. The summed E-state index contributed by atoms with van der Waals surface area (Å²) in [6.45, 7) is 2.35. The zero-order valence-corrected chi connectivity index (χ0v) is 13.8. The van der Waals surface area contributed by atoms with Crippen molar-refractivity contribution in [3.63, 3.8) is 0 Å². The third-order valence-corrected chi connectivity index (χ3v) is 4.20. The van der Waals surface area contributed by atoms with Gasteiger partial charge in [0.15, 0.2) is 5.76 Å². The number of carbonyl (C=O) groups is 3. The largest absolute Gasteiger partial charge is 0.459 e. The van der Waals surface area contributed by atoms with Crippen molar-refractivity contribution < 1.29 is 18.8 Å². The maximum absolute atomic E-state index is 12.2. The van der Waals surface area contributed by atoms with Crippen molar-refractivity contribution in [3.05, 3.63) is 54.0 Å². The van der Waals surface area contributed by atoms with Crippen LogP contribution in [0.1, 0.15) is 29.5 Å². The zero-order valence-electron chi connectivity index (χ0n) is 13.8. The molecular formula is C18H19N3O4. The van der Waals surface area contributed by atoms with Crippen LogP contribution < -0.4 is 15.8 Å². The van der Waals surface area contributed by atoms with E-state index >= 15 is 0 Å². The van der Waals surface area contributed by atoms with Gasteiger partial charge in [0.25, 0.3) is 0 Å². The van der Waals surface area contributed by atoms with Crippen molar-refractivity contribution in [2.45, 2.75) is 19.8 Å². The predicted molar refractivity (Wildman–Crippen MR) is 90.6 cm³/mol. The summed E-state index contributed by atoms with van der Waals surface area (Å²) in [4.78, 5) is 37.8. The van der Waals surface area contributed by atoms with Gasteiger partial charge in [-0.3, -0.25) is 25.2 Å². The zero-order chi connectivity index (χ0) is 17.8. The van der Waals surface area contributed by atoms with E-state index in [0.29, 0.717) is 0 Å². The monoisotopic (exact) mass is 341 g/mol. The molecule has 7 nitrogen and oxygen atoms in total. The molecule has 7 heteroatoms. The Balaban J connectivity index is 1.57. The number of nitrogens with one attached hydrogen (secondary N) is 2. The third kappa shape index (κ3) is 3.71. The Kier molecular flexibility index (Phi) is 4.83. The minimum Gasteiger partial charge on any atom is -0.459 e. The smallest absolute Gasteiger partial charge is 0.305 e. The molecule has 1 aliphatic heterocycles. The first-order chi connectivity index (χ1) is 12.1. The molecule has 0 saturated carbocycles. The van der Waals surface area contributed by atoms with Gasteiger partial charge in [0, 0.05) is 18.7 Å². The minimum atomic E-state index is -0.547. The molecule has 1 aromatic heterocycles. The van der Waals surface area contributed by atoms with E-state index in [9.17, 15) is 14.4 Å². The first-order valence-electron chi connectivity index (χ1n) is 8.11. The third-order valence-electron chi connectivity index (χ3n) is 4.20. The molecule has 0 bridgehead atoms. The average Bonchev–Trinajstić information content (AvgIpc) is 3.29. The minimum absolute atomic E-state index is 0.0976. The number of carbonyl (C=O) groups excluding carboxylic acids is 3. The molecule has 2 N–H and O–H groups in total. The number of benzene rings is 1. The van der Waals surface area contributed by atoms with Crippen LogP contribution in [-0.4, -0.2) is 24.3 Å². The molecule has 2 aromatic rings. The highest BCUT2D eigenvalue weighted by atomic mass is 16.3. The van der Waals surface area contributed by atoms with Gasteiger partial charge in [0.2, 0.25) is 11.8 Å². The van der Waals surface area contributed by atoms with E-state index in [4.69, 9.17) is 4.42 Å². The first kappa shape index (κ1) is 16.8. The lowest BCUT2D eigenvalue weighted by molar-refractivity contribution is -0.126. The fraction of sp³-hybridized carbons (Fsp3) is 0.278. The Bertz CT molecular complexity index is 768. The number of nitrogens with zero attached hydrogens (tertiary/aromatic N) is 1. The number of furan rings is 1. The molecule has 0 unspecified atom stereocenters. The van der Waals surface area contributed by atoms with Crippen molar-refractivity contribution in [2.24, 2.45) is 5.92 Å². The lowest BCUT2D eigenvalue weighted by Gasteiger charge is -2.17. The molecule has 2 heterocycles. The van der Waals surface area contributed by atoms with E-state index in [1.54, 1.807) is 11.0 Å². The summed E-state index contributed by atoms with van der Waals surface area (Å²) in [7, 11) is 0. The quantitative estimate of drug-likeness (QED) is 0.827. The maximum Gasteiger partial charge on any atom is 0.305 e. The molecule has 0 spiro atoms. The molecule has 1 aromatic carbocycles. The van der Waals surface area contributed by atoms with Gasteiger partial charge in [-0.25, -0.2) is 0 Å². The molecule has 25 heavy (non-hydrogen) atoms. The number of aryl methyl sites for hydroxylation is 1. The van der Waals surface area contributed by atoms with Crippen molar-refractivity contribution >= 4 is 23.4 Å². The predicted octanol–water partition coefficient (Wildman–Crippen LogP) is 1.66. The van der Waals surface area contributed by atoms with Gasteiger partial charge in [0.05, 0.1) is 12.2 Å². The Morgan fingerprint density at radius 3 is 2.60 bits per heavy atom. The van der Waals surface area contributed by atoms with Crippen LogP contribution in [0.2, 0.25) is 0 Å². The lowest BCUT2D eigenvalue weighted by atomic mass is 10.1. The molecule has 1 fully saturated rings. The van der Waals surface area contributed by atoms with Crippen LogP contribution in [0.5, 0.6) is 0 Å². The van der Waals surface area contributed by atoms with Gasteiger partial charge < -0.3 is 9.32 Å². The van der Waals surface area contributed by atoms with E-state index in [0.717, 1.165) is 12.1 Å². The van der Waals surface area contributed by atoms with Crippen molar-refractivity contribution in [3.8, 4) is 0 Å². The highest BCUT2D eigenvalue weighted by Crippen LogP contribution is 2.25. The second-order valence-electron chi connectivity index (χ2n) is 5.85. The number of rotatable bonds is 4. The second-order valence-corrected chi connectivity index (χ2v) is 5.85. The number of amides is 3. The number of anilines is 1. The van der Waals surface area contributed by atoms with Gasteiger partial charge in [-0.1, -0.05) is 19.1 Å². The van der Waals surface area contributed by atoms with Crippen LogP contribution in [0.25, 0.3) is 0 Å². The Morgan fingerprint density at radius 1 is 1.20 bits per heavy atom. The molecule has 1 aliphatic rings. The molecule has 3 rings (SSSR count). The Labute approximate surface area is 145 Å². The van der Waals surface area contributed by atoms with Crippen LogP contribution in [-0.2, 0) is 16.0 Å². The summed E-state index contributed by atoms with van der Waals surface area (Å²) in [5.41, 5.74) is 6.59. The van der Waals surface area contributed by atoms with Crippen LogP contribution in [0.4, 0.5) is 5.69 Å². The lowest BCUT2D eigenvalue weighted by Crippen LogP contribution is -2.45. The summed E-state index contributed by atoms with van der Waals surface area (Å²) in [5.74, 6) is -1.48. The Morgan fingerprint density at radius 2 is 1.96 bits per heavy atom. The molecule has 0 radical (unpaired) electrons. The molecule has 130 valence electrons. The van der Waals surface area contributed by atoms with Crippen molar-refractivity contribution in [1.82, 2.24) is 10.9 Å². The highest BCUT2D eigenvalue weighted by Gasteiger charge is 2.35. The van der Waals surface area contributed by atoms with E-state index in [2.05, 4.69) is 17.8 Å². The van der Waals surface area contributed by atoms with Gasteiger partial charge in [-0.05, 0) is 36.2 Å². The van der Waals surface area contributed by atoms with Gasteiger partial charge >= 0.3 is 5.91 Å². The maximum atomic E-state index is 12.2. The number of hydrogen-bond donors (Lipinski definition) is 2. The number of hydrazine groups is 1. The van der Waals surface area contributed by atoms with Gasteiger partial charge in [0.1, 0.15) is 0 Å². The van der Waals surface area contributed by atoms with Crippen molar-refractivity contribution in [1.29, 1.82) is 0 Å². The van der Waals surface area contributed by atoms with Crippen LogP contribution >= 0.6 is 0 Å². The summed E-state index contributed by atoms with van der Waals surface area (Å²) >= 11 is 0. The van der Waals surface area contributed by atoms with Crippen LogP contribution in [0.3, 0.4) is 0 Å². The SMILES string of the molecule is CCc1ccc(N2C[C@H](C(=O)NNC(=O)c3ccco3)CC2=O)cc1. The fourth-order valence-electron chi connectivity index (χ4n) is 2.73. The fourth-order valence-corrected chi connectivity index (χ4v) is 2.73. The second kappa shape index (κ2) is 7.21. The van der Waals surface area contributed by atoms with E-state index in [1.807, 2.05) is 24.3 Å². The van der Waals surface area contributed by atoms with E-state index in [-0.39, 0.29) is 24.6 Å². The van der Waals surface area contributed by atoms with Gasteiger partial charge in [-0.2, -0.15) is 0 Å². The van der Waals surface area contributed by atoms with E-state index < -0.39 is 17.7 Å². The standard InChI is InChI=1S/C18H19N3O4/c1-2-12-5-7-14(8-6-12)21-11-13(10-16(21)22)17(23)19-20-18(24)15-4-3-9-25-15/h3-9,13H,2,10-11H2,1H3,(H,19,23)(H,20,24)/t13-/m1/s1. The average molecular weight is 341 g/mol. The summed E-state index contributed by atoms with van der Waals surface area (Å²) in [6.07, 6.45) is 2.40. The summed E-state index contributed by atoms with van der Waals surface area (Å²) in [5, 5.41) is 0. The van der Waals surface area contributed by atoms with E-state index in [1.165, 1.54) is 17.9 Å². The van der Waals surface area contributed by atoms with Crippen LogP contribution in [0.15, 0.2) is 47.1 Å². The number of hydrogen-bond acceptors (Lipinski definition) is 4.